The highest BCUT2D eigenvalue weighted by atomic mass is 16.5. The van der Waals surface area contributed by atoms with Gasteiger partial charge in [0, 0.05) is 52.9 Å². The molecule has 0 spiro atoms. The van der Waals surface area contributed by atoms with Crippen molar-refractivity contribution < 1.29 is 9.53 Å². The summed E-state index contributed by atoms with van der Waals surface area (Å²) in [4.78, 5) is 16.0. The van der Waals surface area contributed by atoms with Crippen molar-refractivity contribution in [3.63, 3.8) is 0 Å². The lowest BCUT2D eigenvalue weighted by molar-refractivity contribution is -0.122. The number of carbonyl (C=O) groups excluding carboxylic acids is 1. The minimum absolute atomic E-state index is 0.122. The third kappa shape index (κ3) is 6.90. The Labute approximate surface area is 110 Å². The normalized spacial score (nSPS) is 17.1. The topological polar surface area (TPSA) is 56.8 Å². The standard InChI is InChI=1S/C12H26N4O2/c1-15(9-10-18-2)6-5-14-12(17)11-16-7-3-13-4-8-16/h13H,3-11H2,1-2H3,(H,14,17). The van der Waals surface area contributed by atoms with E-state index in [1.165, 1.54) is 0 Å². The summed E-state index contributed by atoms with van der Waals surface area (Å²) in [6.45, 7) is 7.57. The summed E-state index contributed by atoms with van der Waals surface area (Å²) in [6, 6.07) is 0. The zero-order valence-electron chi connectivity index (χ0n) is 11.6. The number of hydrogen-bond donors (Lipinski definition) is 2. The van der Waals surface area contributed by atoms with E-state index >= 15 is 0 Å². The van der Waals surface area contributed by atoms with E-state index in [2.05, 4.69) is 20.4 Å². The number of piperazine rings is 1. The van der Waals surface area contributed by atoms with Crippen molar-refractivity contribution in [2.45, 2.75) is 0 Å². The van der Waals surface area contributed by atoms with Gasteiger partial charge in [0.15, 0.2) is 0 Å². The zero-order chi connectivity index (χ0) is 13.2. The van der Waals surface area contributed by atoms with Gasteiger partial charge in [0.25, 0.3) is 0 Å². The predicted molar refractivity (Wildman–Crippen MR) is 71.7 cm³/mol. The van der Waals surface area contributed by atoms with Crippen molar-refractivity contribution in [1.82, 2.24) is 20.4 Å². The zero-order valence-corrected chi connectivity index (χ0v) is 11.6. The minimum Gasteiger partial charge on any atom is -0.383 e. The maximum Gasteiger partial charge on any atom is 0.234 e. The van der Waals surface area contributed by atoms with Crippen molar-refractivity contribution >= 4 is 5.91 Å². The number of ether oxygens (including phenoxy) is 1. The van der Waals surface area contributed by atoms with E-state index in [1.54, 1.807) is 7.11 Å². The molecule has 1 saturated heterocycles. The fourth-order valence-corrected chi connectivity index (χ4v) is 1.87. The summed E-state index contributed by atoms with van der Waals surface area (Å²) in [6.07, 6.45) is 0. The number of hydrogen-bond acceptors (Lipinski definition) is 5. The summed E-state index contributed by atoms with van der Waals surface area (Å²) in [5.74, 6) is 0.122. The van der Waals surface area contributed by atoms with Gasteiger partial charge in [0.05, 0.1) is 13.2 Å². The monoisotopic (exact) mass is 258 g/mol. The Hall–Kier alpha value is -0.690. The van der Waals surface area contributed by atoms with Crippen LogP contribution in [0, 0.1) is 0 Å². The number of nitrogens with one attached hydrogen (secondary N) is 2. The third-order valence-electron chi connectivity index (χ3n) is 3.07. The van der Waals surface area contributed by atoms with E-state index in [4.69, 9.17) is 4.74 Å². The number of carbonyl (C=O) groups is 1. The molecule has 106 valence electrons. The van der Waals surface area contributed by atoms with Gasteiger partial charge in [-0.15, -0.1) is 0 Å². The van der Waals surface area contributed by atoms with Crippen LogP contribution < -0.4 is 10.6 Å². The minimum atomic E-state index is 0.122. The first kappa shape index (κ1) is 15.4. The Morgan fingerprint density at radius 1 is 1.39 bits per heavy atom. The summed E-state index contributed by atoms with van der Waals surface area (Å²) in [5, 5.41) is 6.23. The van der Waals surface area contributed by atoms with Crippen LogP contribution in [0.2, 0.25) is 0 Å². The van der Waals surface area contributed by atoms with Crippen molar-refractivity contribution in [2.24, 2.45) is 0 Å². The van der Waals surface area contributed by atoms with Crippen LogP contribution in [-0.2, 0) is 9.53 Å². The van der Waals surface area contributed by atoms with Crippen LogP contribution in [0.15, 0.2) is 0 Å². The summed E-state index contributed by atoms with van der Waals surface area (Å²) in [7, 11) is 3.73. The maximum atomic E-state index is 11.7. The first-order chi connectivity index (χ1) is 8.72. The molecule has 1 fully saturated rings. The van der Waals surface area contributed by atoms with Crippen LogP contribution in [0.25, 0.3) is 0 Å². The molecule has 2 N–H and O–H groups in total. The Morgan fingerprint density at radius 3 is 2.78 bits per heavy atom. The molecule has 0 aliphatic carbocycles. The molecule has 6 nitrogen and oxygen atoms in total. The molecule has 0 bridgehead atoms. The molecule has 1 aliphatic heterocycles. The number of amides is 1. The van der Waals surface area contributed by atoms with Gasteiger partial charge in [-0.05, 0) is 7.05 Å². The molecule has 0 aromatic heterocycles. The molecule has 0 radical (unpaired) electrons. The van der Waals surface area contributed by atoms with E-state index in [9.17, 15) is 4.79 Å². The molecule has 1 heterocycles. The van der Waals surface area contributed by atoms with Gasteiger partial charge in [0.1, 0.15) is 0 Å². The molecule has 0 saturated carbocycles. The highest BCUT2D eigenvalue weighted by Crippen LogP contribution is 1.90. The molecular formula is C12H26N4O2. The molecule has 1 amide bonds. The highest BCUT2D eigenvalue weighted by Gasteiger charge is 2.12. The second kappa shape index (κ2) is 9.27. The van der Waals surface area contributed by atoms with E-state index in [0.717, 1.165) is 45.9 Å². The molecule has 0 aromatic rings. The second-order valence-corrected chi connectivity index (χ2v) is 4.67. The largest absolute Gasteiger partial charge is 0.383 e. The van der Waals surface area contributed by atoms with E-state index in [0.29, 0.717) is 13.1 Å². The lowest BCUT2D eigenvalue weighted by atomic mass is 10.3. The lowest BCUT2D eigenvalue weighted by Crippen LogP contribution is -2.48. The van der Waals surface area contributed by atoms with Gasteiger partial charge in [-0.25, -0.2) is 0 Å². The van der Waals surface area contributed by atoms with Crippen molar-refractivity contribution in [2.75, 3.05) is 73.1 Å². The number of methoxy groups -OCH3 is 1. The average Bonchev–Trinajstić information content (AvgIpc) is 2.37. The third-order valence-corrected chi connectivity index (χ3v) is 3.07. The quantitative estimate of drug-likeness (QED) is 0.560. The van der Waals surface area contributed by atoms with Crippen LogP contribution in [-0.4, -0.2) is 88.8 Å². The Kier molecular flexibility index (Phi) is 7.91. The van der Waals surface area contributed by atoms with Crippen LogP contribution in [0.1, 0.15) is 0 Å². The van der Waals surface area contributed by atoms with Crippen LogP contribution in [0.3, 0.4) is 0 Å². The average molecular weight is 258 g/mol. The molecule has 0 aromatic carbocycles. The van der Waals surface area contributed by atoms with Crippen LogP contribution in [0.5, 0.6) is 0 Å². The van der Waals surface area contributed by atoms with E-state index in [1.807, 2.05) is 7.05 Å². The Bertz CT molecular complexity index is 232. The second-order valence-electron chi connectivity index (χ2n) is 4.67. The summed E-state index contributed by atoms with van der Waals surface area (Å²) < 4.78 is 5.00. The number of rotatable bonds is 8. The van der Waals surface area contributed by atoms with Crippen LogP contribution in [0.4, 0.5) is 0 Å². The first-order valence-electron chi connectivity index (χ1n) is 6.59. The molecule has 0 unspecified atom stereocenters. The van der Waals surface area contributed by atoms with Gasteiger partial charge in [-0.2, -0.15) is 0 Å². The molecule has 18 heavy (non-hydrogen) atoms. The van der Waals surface area contributed by atoms with E-state index < -0.39 is 0 Å². The van der Waals surface area contributed by atoms with Gasteiger partial charge in [-0.3, -0.25) is 9.69 Å². The van der Waals surface area contributed by atoms with Gasteiger partial charge < -0.3 is 20.3 Å². The predicted octanol–water partition coefficient (Wildman–Crippen LogP) is -1.41. The summed E-state index contributed by atoms with van der Waals surface area (Å²) >= 11 is 0. The van der Waals surface area contributed by atoms with Gasteiger partial charge in [0.2, 0.25) is 5.91 Å². The molecule has 1 rings (SSSR count). The Morgan fingerprint density at radius 2 is 2.11 bits per heavy atom. The molecule has 1 aliphatic rings. The van der Waals surface area contributed by atoms with E-state index in [-0.39, 0.29) is 5.91 Å². The lowest BCUT2D eigenvalue weighted by Gasteiger charge is -2.26. The Balaban J connectivity index is 2.02. The fourth-order valence-electron chi connectivity index (χ4n) is 1.87. The SMILES string of the molecule is COCCN(C)CCNC(=O)CN1CCNCC1. The summed E-state index contributed by atoms with van der Waals surface area (Å²) in [5.41, 5.74) is 0. The van der Waals surface area contributed by atoms with Crippen molar-refractivity contribution in [1.29, 1.82) is 0 Å². The smallest absolute Gasteiger partial charge is 0.234 e. The van der Waals surface area contributed by atoms with Gasteiger partial charge >= 0.3 is 0 Å². The van der Waals surface area contributed by atoms with Gasteiger partial charge in [-0.1, -0.05) is 0 Å². The molecular weight excluding hydrogens is 232 g/mol. The maximum absolute atomic E-state index is 11.7. The molecule has 6 heteroatoms. The van der Waals surface area contributed by atoms with Crippen molar-refractivity contribution in [3.05, 3.63) is 0 Å². The highest BCUT2D eigenvalue weighted by molar-refractivity contribution is 5.78. The van der Waals surface area contributed by atoms with Crippen LogP contribution >= 0.6 is 0 Å². The van der Waals surface area contributed by atoms with Crippen molar-refractivity contribution in [3.8, 4) is 0 Å². The fraction of sp³-hybridized carbons (Fsp3) is 0.917. The first-order valence-corrected chi connectivity index (χ1v) is 6.59. The number of likely N-dealkylation sites (N-methyl/N-ethyl adjacent to an activating group) is 1. The number of nitrogens with zero attached hydrogens (tertiary/aromatic N) is 2. The molecule has 0 atom stereocenters.